The Hall–Kier alpha value is -1.29. The van der Waals surface area contributed by atoms with Gasteiger partial charge in [-0.1, -0.05) is 0 Å². The normalized spacial score (nSPS) is 11.5. The van der Waals surface area contributed by atoms with Crippen molar-refractivity contribution in [1.82, 2.24) is 4.90 Å². The van der Waals surface area contributed by atoms with Crippen LogP contribution in [-0.2, 0) is 11.3 Å². The monoisotopic (exact) mass is 224 g/mol. The van der Waals surface area contributed by atoms with Gasteiger partial charge in [-0.15, -0.1) is 0 Å². The summed E-state index contributed by atoms with van der Waals surface area (Å²) in [5.74, 6) is 0.858. The Labute approximate surface area is 96.4 Å². The molecule has 0 bridgehead atoms. The number of hydrogen-bond acceptors (Lipinski definition) is 3. The summed E-state index contributed by atoms with van der Waals surface area (Å²) in [5, 5.41) is 0. The lowest BCUT2D eigenvalue weighted by atomic mass is 9.92. The van der Waals surface area contributed by atoms with Crippen molar-refractivity contribution in [2.24, 2.45) is 11.1 Å². The van der Waals surface area contributed by atoms with Crippen LogP contribution in [0.3, 0.4) is 0 Å². The van der Waals surface area contributed by atoms with Crippen LogP contribution >= 0.6 is 0 Å². The summed E-state index contributed by atoms with van der Waals surface area (Å²) in [6.45, 7) is 7.18. The van der Waals surface area contributed by atoms with Gasteiger partial charge in [0.1, 0.15) is 5.76 Å². The number of hydrogen-bond donors (Lipinski definition) is 1. The van der Waals surface area contributed by atoms with Gasteiger partial charge in [-0.25, -0.2) is 0 Å². The molecule has 1 heterocycles. The van der Waals surface area contributed by atoms with E-state index in [1.165, 1.54) is 0 Å². The molecule has 4 heteroatoms. The zero-order valence-electron chi connectivity index (χ0n) is 10.2. The van der Waals surface area contributed by atoms with E-state index in [9.17, 15) is 4.79 Å². The van der Waals surface area contributed by atoms with Gasteiger partial charge in [-0.2, -0.15) is 0 Å². The van der Waals surface area contributed by atoms with Crippen molar-refractivity contribution in [1.29, 1.82) is 0 Å². The minimum absolute atomic E-state index is 0.0638. The first-order chi connectivity index (χ1) is 7.51. The molecule has 4 nitrogen and oxygen atoms in total. The van der Waals surface area contributed by atoms with E-state index < -0.39 is 5.41 Å². The molecule has 0 saturated heterocycles. The third kappa shape index (κ3) is 2.85. The fourth-order valence-electron chi connectivity index (χ4n) is 1.43. The number of rotatable bonds is 5. The highest BCUT2D eigenvalue weighted by Gasteiger charge is 2.30. The van der Waals surface area contributed by atoms with Crippen LogP contribution in [0.5, 0.6) is 0 Å². The lowest BCUT2D eigenvalue weighted by molar-refractivity contribution is -0.140. The lowest BCUT2D eigenvalue weighted by Crippen LogP contribution is -2.44. The molecule has 2 N–H and O–H groups in total. The zero-order valence-corrected chi connectivity index (χ0v) is 10.2. The van der Waals surface area contributed by atoms with Crippen LogP contribution in [-0.4, -0.2) is 23.9 Å². The van der Waals surface area contributed by atoms with E-state index in [0.29, 0.717) is 19.6 Å². The van der Waals surface area contributed by atoms with E-state index in [1.807, 2.05) is 32.9 Å². The molecular weight excluding hydrogens is 204 g/mol. The Bertz CT molecular complexity index is 331. The van der Waals surface area contributed by atoms with Gasteiger partial charge in [0.05, 0.1) is 18.2 Å². The van der Waals surface area contributed by atoms with Crippen LogP contribution in [0.1, 0.15) is 26.5 Å². The van der Waals surface area contributed by atoms with Crippen molar-refractivity contribution in [2.45, 2.75) is 27.3 Å². The van der Waals surface area contributed by atoms with Crippen LogP contribution < -0.4 is 5.73 Å². The maximum atomic E-state index is 12.2. The summed E-state index contributed by atoms with van der Waals surface area (Å²) in [7, 11) is 0. The summed E-state index contributed by atoms with van der Waals surface area (Å²) in [6.07, 6.45) is 1.61. The maximum absolute atomic E-state index is 12.2. The predicted octanol–water partition coefficient (Wildman–Crippen LogP) is 1.61. The van der Waals surface area contributed by atoms with Crippen LogP contribution in [0.2, 0.25) is 0 Å². The topological polar surface area (TPSA) is 59.5 Å². The molecular formula is C12H20N2O2. The lowest BCUT2D eigenvalue weighted by Gasteiger charge is -2.29. The average Bonchev–Trinajstić information content (AvgIpc) is 2.77. The van der Waals surface area contributed by atoms with Crippen LogP contribution in [0.15, 0.2) is 22.8 Å². The summed E-state index contributed by atoms with van der Waals surface area (Å²) in [4.78, 5) is 13.9. The first-order valence-electron chi connectivity index (χ1n) is 5.53. The molecule has 0 aliphatic carbocycles. The SMILES string of the molecule is CCN(Cc1ccco1)C(=O)C(C)(C)CN. The molecule has 0 aliphatic heterocycles. The van der Waals surface area contributed by atoms with E-state index in [2.05, 4.69) is 0 Å². The van der Waals surface area contributed by atoms with Crippen molar-refractivity contribution < 1.29 is 9.21 Å². The van der Waals surface area contributed by atoms with Gasteiger partial charge in [-0.05, 0) is 32.9 Å². The fourth-order valence-corrected chi connectivity index (χ4v) is 1.43. The first kappa shape index (κ1) is 12.8. The molecule has 1 rings (SSSR count). The second-order valence-corrected chi connectivity index (χ2v) is 4.49. The van der Waals surface area contributed by atoms with Crippen LogP contribution in [0.25, 0.3) is 0 Å². The molecule has 1 aromatic heterocycles. The number of nitrogens with zero attached hydrogens (tertiary/aromatic N) is 1. The van der Waals surface area contributed by atoms with Crippen molar-refractivity contribution in [3.8, 4) is 0 Å². The Kier molecular flexibility index (Phi) is 4.12. The molecule has 0 radical (unpaired) electrons. The molecule has 0 atom stereocenters. The molecule has 0 aromatic carbocycles. The highest BCUT2D eigenvalue weighted by atomic mass is 16.3. The fraction of sp³-hybridized carbons (Fsp3) is 0.583. The minimum Gasteiger partial charge on any atom is -0.467 e. The smallest absolute Gasteiger partial charge is 0.229 e. The molecule has 0 unspecified atom stereocenters. The van der Waals surface area contributed by atoms with Crippen molar-refractivity contribution in [2.75, 3.05) is 13.1 Å². The second-order valence-electron chi connectivity index (χ2n) is 4.49. The molecule has 1 aromatic rings. The molecule has 0 aliphatic rings. The number of carbonyl (C=O) groups is 1. The third-order valence-corrected chi connectivity index (χ3v) is 2.68. The first-order valence-corrected chi connectivity index (χ1v) is 5.53. The van der Waals surface area contributed by atoms with E-state index in [1.54, 1.807) is 11.2 Å². The Morgan fingerprint density at radius 2 is 2.25 bits per heavy atom. The molecule has 1 amide bonds. The second kappa shape index (κ2) is 5.16. The third-order valence-electron chi connectivity index (χ3n) is 2.68. The minimum atomic E-state index is -0.511. The van der Waals surface area contributed by atoms with Gasteiger partial charge in [0.15, 0.2) is 0 Å². The predicted molar refractivity (Wildman–Crippen MR) is 62.6 cm³/mol. The van der Waals surface area contributed by atoms with E-state index >= 15 is 0 Å². The van der Waals surface area contributed by atoms with Crippen molar-refractivity contribution in [3.63, 3.8) is 0 Å². The molecule has 0 spiro atoms. The zero-order chi connectivity index (χ0) is 12.2. The molecule has 0 saturated carbocycles. The van der Waals surface area contributed by atoms with Gasteiger partial charge in [-0.3, -0.25) is 4.79 Å². The van der Waals surface area contributed by atoms with Gasteiger partial charge in [0, 0.05) is 13.1 Å². The molecule has 90 valence electrons. The highest BCUT2D eigenvalue weighted by Crippen LogP contribution is 2.18. The number of carbonyl (C=O) groups excluding carboxylic acids is 1. The van der Waals surface area contributed by atoms with Gasteiger partial charge in [0.25, 0.3) is 0 Å². The largest absolute Gasteiger partial charge is 0.467 e. The summed E-state index contributed by atoms with van der Waals surface area (Å²) in [6, 6.07) is 3.69. The quantitative estimate of drug-likeness (QED) is 0.826. The average molecular weight is 224 g/mol. The summed E-state index contributed by atoms with van der Waals surface area (Å²) in [5.41, 5.74) is 5.09. The Morgan fingerprint density at radius 1 is 1.56 bits per heavy atom. The summed E-state index contributed by atoms with van der Waals surface area (Å²) < 4.78 is 5.24. The Balaban J connectivity index is 2.71. The molecule has 16 heavy (non-hydrogen) atoms. The van der Waals surface area contributed by atoms with E-state index in [0.717, 1.165) is 5.76 Å². The number of amides is 1. The van der Waals surface area contributed by atoms with Crippen LogP contribution in [0, 0.1) is 5.41 Å². The van der Waals surface area contributed by atoms with E-state index in [4.69, 9.17) is 10.2 Å². The van der Waals surface area contributed by atoms with Crippen molar-refractivity contribution >= 4 is 5.91 Å². The van der Waals surface area contributed by atoms with Gasteiger partial charge >= 0.3 is 0 Å². The van der Waals surface area contributed by atoms with Gasteiger partial charge < -0.3 is 15.1 Å². The van der Waals surface area contributed by atoms with E-state index in [-0.39, 0.29) is 5.91 Å². The van der Waals surface area contributed by atoms with Crippen molar-refractivity contribution in [3.05, 3.63) is 24.2 Å². The summed E-state index contributed by atoms with van der Waals surface area (Å²) >= 11 is 0. The molecule has 0 fully saturated rings. The number of furan rings is 1. The standard InChI is InChI=1S/C12H20N2O2/c1-4-14(8-10-6-5-7-16-10)11(15)12(2,3)9-13/h5-7H,4,8-9,13H2,1-3H3. The number of nitrogens with two attached hydrogens (primary N) is 1. The van der Waals surface area contributed by atoms with Crippen LogP contribution in [0.4, 0.5) is 0 Å². The Morgan fingerprint density at radius 3 is 2.69 bits per heavy atom. The van der Waals surface area contributed by atoms with Gasteiger partial charge in [0.2, 0.25) is 5.91 Å². The maximum Gasteiger partial charge on any atom is 0.229 e. The highest BCUT2D eigenvalue weighted by molar-refractivity contribution is 5.82.